The monoisotopic (exact) mass is 323 g/mol. The van der Waals surface area contributed by atoms with Gasteiger partial charge in [-0.3, -0.25) is 4.79 Å². The van der Waals surface area contributed by atoms with Crippen molar-refractivity contribution in [2.24, 2.45) is 0 Å². The van der Waals surface area contributed by atoms with Gasteiger partial charge in [-0.25, -0.2) is 0 Å². The van der Waals surface area contributed by atoms with Gasteiger partial charge in [-0.05, 0) is 44.2 Å². The minimum absolute atomic E-state index is 0.0867. The van der Waals surface area contributed by atoms with Gasteiger partial charge in [-0.15, -0.1) is 0 Å². The minimum atomic E-state index is -0.111. The standard InChI is InChI=1S/C19H21N3O2/c1-14(2)24-18-9-4-3-8-17(18)21-11-10-19(23)22-16-7-5-6-15(12-16)13-20/h3-9,12,14,21H,10-11H2,1-2H3,(H,22,23). The Hall–Kier alpha value is -3.00. The highest BCUT2D eigenvalue weighted by atomic mass is 16.5. The normalized spacial score (nSPS) is 10.1. The third-order valence-corrected chi connectivity index (χ3v) is 3.19. The first kappa shape index (κ1) is 17.4. The summed E-state index contributed by atoms with van der Waals surface area (Å²) in [6.07, 6.45) is 0.399. The Balaban J connectivity index is 1.86. The van der Waals surface area contributed by atoms with E-state index in [4.69, 9.17) is 10.00 Å². The van der Waals surface area contributed by atoms with E-state index in [2.05, 4.69) is 10.6 Å². The van der Waals surface area contributed by atoms with Crippen molar-refractivity contribution in [1.82, 2.24) is 0 Å². The third kappa shape index (κ3) is 5.33. The zero-order valence-corrected chi connectivity index (χ0v) is 13.9. The van der Waals surface area contributed by atoms with Gasteiger partial charge in [0.15, 0.2) is 0 Å². The highest BCUT2D eigenvalue weighted by Crippen LogP contribution is 2.24. The van der Waals surface area contributed by atoms with Crippen LogP contribution in [-0.4, -0.2) is 18.6 Å². The highest BCUT2D eigenvalue weighted by Gasteiger charge is 2.06. The molecule has 0 aliphatic carbocycles. The van der Waals surface area contributed by atoms with E-state index in [9.17, 15) is 4.79 Å². The van der Waals surface area contributed by atoms with Gasteiger partial charge in [0.1, 0.15) is 5.75 Å². The Morgan fingerprint density at radius 3 is 2.75 bits per heavy atom. The smallest absolute Gasteiger partial charge is 0.226 e. The van der Waals surface area contributed by atoms with Crippen LogP contribution in [0.5, 0.6) is 5.75 Å². The van der Waals surface area contributed by atoms with Crippen LogP contribution in [0.25, 0.3) is 0 Å². The molecule has 0 spiro atoms. The Kier molecular flexibility index (Phi) is 6.21. The average molecular weight is 323 g/mol. The van der Waals surface area contributed by atoms with Gasteiger partial charge in [0, 0.05) is 18.7 Å². The Bertz CT molecular complexity index is 735. The largest absolute Gasteiger partial charge is 0.489 e. The summed E-state index contributed by atoms with van der Waals surface area (Å²) in [6, 6.07) is 16.6. The van der Waals surface area contributed by atoms with E-state index in [1.165, 1.54) is 0 Å². The summed E-state index contributed by atoms with van der Waals surface area (Å²) >= 11 is 0. The number of hydrogen-bond donors (Lipinski definition) is 2. The maximum atomic E-state index is 12.0. The van der Waals surface area contributed by atoms with Gasteiger partial charge in [0.25, 0.3) is 0 Å². The molecule has 2 rings (SSSR count). The van der Waals surface area contributed by atoms with Crippen molar-refractivity contribution in [2.75, 3.05) is 17.2 Å². The second-order valence-electron chi connectivity index (χ2n) is 5.58. The van der Waals surface area contributed by atoms with Gasteiger partial charge >= 0.3 is 0 Å². The quantitative estimate of drug-likeness (QED) is 0.813. The Morgan fingerprint density at radius 2 is 2.00 bits per heavy atom. The van der Waals surface area contributed by atoms with Crippen LogP contribution in [0, 0.1) is 11.3 Å². The number of hydrogen-bond acceptors (Lipinski definition) is 4. The lowest BCUT2D eigenvalue weighted by Gasteiger charge is -2.15. The summed E-state index contributed by atoms with van der Waals surface area (Å²) in [5.74, 6) is 0.662. The molecule has 0 bridgehead atoms. The van der Waals surface area contributed by atoms with Crippen LogP contribution < -0.4 is 15.4 Å². The molecule has 0 aliphatic heterocycles. The summed E-state index contributed by atoms with van der Waals surface area (Å²) < 4.78 is 5.73. The fourth-order valence-electron chi connectivity index (χ4n) is 2.17. The molecular weight excluding hydrogens is 302 g/mol. The van der Waals surface area contributed by atoms with E-state index in [0.29, 0.717) is 24.2 Å². The molecule has 2 aromatic rings. The van der Waals surface area contributed by atoms with Crippen LogP contribution in [0.4, 0.5) is 11.4 Å². The molecule has 2 aromatic carbocycles. The molecule has 24 heavy (non-hydrogen) atoms. The molecule has 0 saturated heterocycles. The molecule has 0 aromatic heterocycles. The van der Waals surface area contributed by atoms with E-state index < -0.39 is 0 Å². The maximum absolute atomic E-state index is 12.0. The molecule has 0 fully saturated rings. The molecular formula is C19H21N3O2. The summed E-state index contributed by atoms with van der Waals surface area (Å²) in [4.78, 5) is 12.0. The first-order chi connectivity index (χ1) is 11.6. The summed E-state index contributed by atoms with van der Waals surface area (Å²) in [6.45, 7) is 4.43. The molecule has 0 unspecified atom stereocenters. The van der Waals surface area contributed by atoms with Crippen LogP contribution in [0.15, 0.2) is 48.5 Å². The number of carbonyl (C=O) groups is 1. The predicted molar refractivity (Wildman–Crippen MR) is 95.1 cm³/mol. The van der Waals surface area contributed by atoms with Gasteiger partial charge < -0.3 is 15.4 Å². The highest BCUT2D eigenvalue weighted by molar-refractivity contribution is 5.91. The van der Waals surface area contributed by atoms with Crippen molar-refractivity contribution < 1.29 is 9.53 Å². The number of para-hydroxylation sites is 2. The van der Waals surface area contributed by atoms with Crippen molar-refractivity contribution in [3.8, 4) is 11.8 Å². The number of nitrogens with zero attached hydrogens (tertiary/aromatic N) is 1. The molecule has 5 heteroatoms. The van der Waals surface area contributed by atoms with E-state index in [0.717, 1.165) is 11.4 Å². The molecule has 0 atom stereocenters. The SMILES string of the molecule is CC(C)Oc1ccccc1NCCC(=O)Nc1cccc(C#N)c1. The molecule has 124 valence electrons. The lowest BCUT2D eigenvalue weighted by atomic mass is 10.2. The number of carbonyl (C=O) groups excluding carboxylic acids is 1. The number of nitrogens with one attached hydrogen (secondary N) is 2. The molecule has 0 saturated carbocycles. The fraction of sp³-hybridized carbons (Fsp3) is 0.263. The number of anilines is 2. The number of benzene rings is 2. The van der Waals surface area contributed by atoms with Crippen LogP contribution in [-0.2, 0) is 4.79 Å². The van der Waals surface area contributed by atoms with Crippen molar-refractivity contribution in [3.63, 3.8) is 0 Å². The number of amides is 1. The first-order valence-corrected chi connectivity index (χ1v) is 7.88. The number of nitriles is 1. The van der Waals surface area contributed by atoms with Crippen molar-refractivity contribution >= 4 is 17.3 Å². The topological polar surface area (TPSA) is 74.2 Å². The molecule has 5 nitrogen and oxygen atoms in total. The molecule has 0 radical (unpaired) electrons. The second-order valence-corrected chi connectivity index (χ2v) is 5.58. The van der Waals surface area contributed by atoms with E-state index in [1.807, 2.05) is 44.2 Å². The molecule has 0 heterocycles. The van der Waals surface area contributed by atoms with Gasteiger partial charge in [0.2, 0.25) is 5.91 Å². The van der Waals surface area contributed by atoms with E-state index in [1.54, 1.807) is 24.3 Å². The van der Waals surface area contributed by atoms with Gasteiger partial charge in [0.05, 0.1) is 23.4 Å². The van der Waals surface area contributed by atoms with Crippen LogP contribution in [0.1, 0.15) is 25.8 Å². The zero-order valence-electron chi connectivity index (χ0n) is 13.9. The fourth-order valence-corrected chi connectivity index (χ4v) is 2.17. The number of rotatable bonds is 7. The number of ether oxygens (including phenoxy) is 1. The third-order valence-electron chi connectivity index (χ3n) is 3.19. The summed E-state index contributed by atoms with van der Waals surface area (Å²) in [5.41, 5.74) is 2.01. The van der Waals surface area contributed by atoms with Gasteiger partial charge in [-0.1, -0.05) is 18.2 Å². The van der Waals surface area contributed by atoms with Crippen LogP contribution in [0.3, 0.4) is 0 Å². The lowest BCUT2D eigenvalue weighted by Crippen LogP contribution is -2.17. The van der Waals surface area contributed by atoms with Crippen LogP contribution >= 0.6 is 0 Å². The Morgan fingerprint density at radius 1 is 1.21 bits per heavy atom. The molecule has 1 amide bonds. The average Bonchev–Trinajstić information content (AvgIpc) is 2.56. The summed E-state index contributed by atoms with van der Waals surface area (Å²) in [5, 5.41) is 14.9. The predicted octanol–water partition coefficient (Wildman–Crippen LogP) is 3.79. The maximum Gasteiger partial charge on any atom is 0.226 e. The zero-order chi connectivity index (χ0) is 17.4. The lowest BCUT2D eigenvalue weighted by molar-refractivity contribution is -0.115. The van der Waals surface area contributed by atoms with Crippen molar-refractivity contribution in [1.29, 1.82) is 5.26 Å². The summed E-state index contributed by atoms with van der Waals surface area (Å²) in [7, 11) is 0. The minimum Gasteiger partial charge on any atom is -0.489 e. The van der Waals surface area contributed by atoms with Gasteiger partial charge in [-0.2, -0.15) is 5.26 Å². The van der Waals surface area contributed by atoms with Crippen molar-refractivity contribution in [3.05, 3.63) is 54.1 Å². The van der Waals surface area contributed by atoms with E-state index in [-0.39, 0.29) is 12.0 Å². The van der Waals surface area contributed by atoms with Crippen LogP contribution in [0.2, 0.25) is 0 Å². The Labute approximate surface area is 142 Å². The van der Waals surface area contributed by atoms with E-state index >= 15 is 0 Å². The van der Waals surface area contributed by atoms with Crippen molar-refractivity contribution in [2.45, 2.75) is 26.4 Å². The molecule has 2 N–H and O–H groups in total. The molecule has 0 aliphatic rings. The second kappa shape index (κ2) is 8.59. The first-order valence-electron chi connectivity index (χ1n) is 7.88.